The predicted molar refractivity (Wildman–Crippen MR) is 148 cm³/mol. The van der Waals surface area contributed by atoms with Gasteiger partial charge in [0.25, 0.3) is 0 Å². The number of nitrogens with zero attached hydrogens (tertiary/aromatic N) is 1. The summed E-state index contributed by atoms with van der Waals surface area (Å²) in [5.41, 5.74) is 9.67. The monoisotopic (exact) mass is 442 g/mol. The third-order valence-corrected chi connectivity index (χ3v) is 5.83. The van der Waals surface area contributed by atoms with E-state index in [9.17, 15) is 0 Å². The van der Waals surface area contributed by atoms with Crippen LogP contribution >= 0.6 is 9.24 Å². The van der Waals surface area contributed by atoms with Crippen molar-refractivity contribution in [2.45, 2.75) is 53.9 Å². The molecular weight excluding hydrogens is 407 g/mol. The molecule has 0 fully saturated rings. The van der Waals surface area contributed by atoms with Gasteiger partial charge in [-0.05, 0) is 85.4 Å². The highest BCUT2D eigenvalue weighted by atomic mass is 31.0. The molecule has 0 bridgehead atoms. The van der Waals surface area contributed by atoms with E-state index in [-0.39, 0.29) is 0 Å². The van der Waals surface area contributed by atoms with Gasteiger partial charge in [-0.15, -0.1) is 21.1 Å². The summed E-state index contributed by atoms with van der Waals surface area (Å²) in [6, 6.07) is 12.8. The molecule has 0 heterocycles. The van der Waals surface area contributed by atoms with Crippen molar-refractivity contribution in [2.75, 3.05) is 5.32 Å². The molecule has 166 valence electrons. The number of nitrogens with one attached hydrogen (secondary N) is 1. The Balaban J connectivity index is 2.07. The van der Waals surface area contributed by atoms with Crippen LogP contribution in [0.1, 0.15) is 62.8 Å². The van der Waals surface area contributed by atoms with Crippen LogP contribution in [0, 0.1) is 18.8 Å². The molecule has 0 saturated heterocycles. The van der Waals surface area contributed by atoms with Crippen LogP contribution in [0.4, 0.5) is 5.69 Å². The maximum atomic E-state index is 4.64. The molecule has 2 rings (SSSR count). The summed E-state index contributed by atoms with van der Waals surface area (Å²) < 4.78 is 0. The van der Waals surface area contributed by atoms with Gasteiger partial charge in [-0.2, -0.15) is 0 Å². The van der Waals surface area contributed by atoms with Gasteiger partial charge in [-0.1, -0.05) is 43.9 Å². The van der Waals surface area contributed by atoms with Crippen molar-refractivity contribution in [1.82, 2.24) is 0 Å². The highest BCUT2D eigenvalue weighted by Crippen LogP contribution is 2.22. The minimum atomic E-state index is 0.784. The number of rotatable bonds is 8. The molecule has 0 spiro atoms. The van der Waals surface area contributed by atoms with E-state index in [1.165, 1.54) is 27.6 Å². The molecule has 0 aliphatic rings. The summed E-state index contributed by atoms with van der Waals surface area (Å²) in [7, 11) is 2.85. The molecule has 3 heteroatoms. The molecule has 1 atom stereocenters. The maximum Gasteiger partial charge on any atom is 0.0601 e. The fourth-order valence-electron chi connectivity index (χ4n) is 3.31. The van der Waals surface area contributed by atoms with Crippen LogP contribution in [0.15, 0.2) is 66.4 Å². The largest absolute Gasteiger partial charge is 0.355 e. The van der Waals surface area contributed by atoms with Crippen molar-refractivity contribution in [2.24, 2.45) is 4.99 Å². The van der Waals surface area contributed by atoms with E-state index in [4.69, 9.17) is 0 Å². The van der Waals surface area contributed by atoms with E-state index in [1.54, 1.807) is 0 Å². The van der Waals surface area contributed by atoms with Crippen molar-refractivity contribution < 1.29 is 0 Å². The van der Waals surface area contributed by atoms with Crippen LogP contribution in [-0.2, 0) is 6.42 Å². The van der Waals surface area contributed by atoms with E-state index >= 15 is 0 Å². The highest BCUT2D eigenvalue weighted by Gasteiger charge is 2.05. The van der Waals surface area contributed by atoms with Gasteiger partial charge in [-0.25, -0.2) is 0 Å². The number of aliphatic imine (C=N–C) groups is 1. The molecule has 2 aromatic carbocycles. The van der Waals surface area contributed by atoms with Crippen LogP contribution < -0.4 is 10.6 Å². The smallest absolute Gasteiger partial charge is 0.0601 e. The summed E-state index contributed by atoms with van der Waals surface area (Å²) in [4.78, 5) is 4.64. The molecule has 2 aromatic rings. The number of hydrogen-bond acceptors (Lipinski definition) is 2. The lowest BCUT2D eigenvalue weighted by Gasteiger charge is -2.12. The molecule has 32 heavy (non-hydrogen) atoms. The molecular formula is C29H35N2P. The quantitative estimate of drug-likeness (QED) is 0.258. The van der Waals surface area contributed by atoms with Crippen LogP contribution in [-0.4, -0.2) is 5.71 Å². The second-order valence-electron chi connectivity index (χ2n) is 8.06. The van der Waals surface area contributed by atoms with Gasteiger partial charge in [0.2, 0.25) is 0 Å². The van der Waals surface area contributed by atoms with Crippen molar-refractivity contribution in [3.63, 3.8) is 0 Å². The van der Waals surface area contributed by atoms with Crippen LogP contribution in [0.2, 0.25) is 0 Å². The number of aryl methyl sites for hydroxylation is 2. The Labute approximate surface area is 196 Å². The Morgan fingerprint density at radius 3 is 2.47 bits per heavy atom. The molecule has 1 unspecified atom stereocenters. The molecule has 2 nitrogen and oxygen atoms in total. The first-order valence-electron chi connectivity index (χ1n) is 11.0. The van der Waals surface area contributed by atoms with E-state index in [1.807, 2.05) is 26.1 Å². The zero-order valence-electron chi connectivity index (χ0n) is 20.1. The fourth-order valence-corrected chi connectivity index (χ4v) is 3.73. The third kappa shape index (κ3) is 7.37. The second-order valence-corrected chi connectivity index (χ2v) is 8.68. The van der Waals surface area contributed by atoms with Crippen molar-refractivity contribution in [3.05, 3.63) is 83.7 Å². The summed E-state index contributed by atoms with van der Waals surface area (Å²) in [6.45, 7) is 18.4. The average Bonchev–Trinajstić information content (AvgIpc) is 2.75. The number of benzene rings is 2. The molecule has 0 aliphatic carbocycles. The average molecular weight is 443 g/mol. The third-order valence-electron chi connectivity index (χ3n) is 5.29. The van der Waals surface area contributed by atoms with Crippen molar-refractivity contribution in [3.8, 4) is 11.8 Å². The van der Waals surface area contributed by atoms with Gasteiger partial charge in [0.1, 0.15) is 0 Å². The van der Waals surface area contributed by atoms with Gasteiger partial charge in [0.15, 0.2) is 0 Å². The maximum absolute atomic E-state index is 4.64. The predicted octanol–water partition coefficient (Wildman–Crippen LogP) is 7.32. The van der Waals surface area contributed by atoms with Gasteiger partial charge in [0.05, 0.1) is 11.4 Å². The first-order chi connectivity index (χ1) is 15.2. The van der Waals surface area contributed by atoms with Crippen LogP contribution in [0.25, 0.3) is 11.1 Å². The number of hydrogen-bond donors (Lipinski definition) is 1. The van der Waals surface area contributed by atoms with Gasteiger partial charge >= 0.3 is 0 Å². The zero-order chi connectivity index (χ0) is 23.7. The normalized spacial score (nSPS) is 11.6. The van der Waals surface area contributed by atoms with Gasteiger partial charge in [-0.3, -0.25) is 4.99 Å². The lowest BCUT2D eigenvalue weighted by molar-refractivity contribution is 1.03. The molecule has 0 aliphatic heterocycles. The van der Waals surface area contributed by atoms with Crippen LogP contribution in [0.5, 0.6) is 0 Å². The van der Waals surface area contributed by atoms with E-state index in [0.29, 0.717) is 0 Å². The zero-order valence-corrected chi connectivity index (χ0v) is 21.3. The first kappa shape index (κ1) is 25.4. The number of allylic oxidation sites excluding steroid dienone is 3. The Kier molecular flexibility index (Phi) is 9.70. The molecule has 0 aromatic heterocycles. The fraction of sp³-hybridized carbons (Fsp3) is 0.276. The minimum Gasteiger partial charge on any atom is -0.355 e. The molecule has 0 saturated carbocycles. The summed E-state index contributed by atoms with van der Waals surface area (Å²) in [6.07, 6.45) is 4.70. The van der Waals surface area contributed by atoms with E-state index < -0.39 is 0 Å². The van der Waals surface area contributed by atoms with Gasteiger partial charge in [0, 0.05) is 24.7 Å². The van der Waals surface area contributed by atoms with Crippen molar-refractivity contribution >= 4 is 37.1 Å². The summed E-state index contributed by atoms with van der Waals surface area (Å²) >= 11 is 0. The number of anilines is 1. The summed E-state index contributed by atoms with van der Waals surface area (Å²) in [5, 5.41) is 4.58. The topological polar surface area (TPSA) is 24.4 Å². The Morgan fingerprint density at radius 1 is 1.09 bits per heavy atom. The van der Waals surface area contributed by atoms with Crippen molar-refractivity contribution in [1.29, 1.82) is 0 Å². The Morgan fingerprint density at radius 2 is 1.84 bits per heavy atom. The summed E-state index contributed by atoms with van der Waals surface area (Å²) in [5.74, 6) is 6.35. The molecule has 0 radical (unpaired) electrons. The highest BCUT2D eigenvalue weighted by molar-refractivity contribution is 7.27. The van der Waals surface area contributed by atoms with Gasteiger partial charge < -0.3 is 5.32 Å². The minimum absolute atomic E-state index is 0.784. The Hall–Kier alpha value is -2.88. The standard InChI is InChI=1S/C29H35N2P/c1-8-9-10-11-12-25-13-14-26(18-29(25)32)22(5)19-30-23(6)24(7)31-27-15-16-28(20(2)3)21(4)17-27/h13-19,31H,2,7-8,11-12,32H2,1,3-6H3/b22-19+,30-23?. The van der Waals surface area contributed by atoms with Crippen LogP contribution in [0.3, 0.4) is 0 Å². The Bertz CT molecular complexity index is 1120. The van der Waals surface area contributed by atoms with E-state index in [0.717, 1.165) is 47.5 Å². The molecule has 0 amide bonds. The SMILES string of the molecule is C=C(Nc1ccc(C(=C)C)c(C)c1)C(C)=N/C=C(\C)c1ccc(CCC#CCC)c(P)c1. The lowest BCUT2D eigenvalue weighted by Crippen LogP contribution is -2.07. The lowest BCUT2D eigenvalue weighted by atomic mass is 10.0. The van der Waals surface area contributed by atoms with E-state index in [2.05, 4.69) is 95.7 Å². The first-order valence-corrected chi connectivity index (χ1v) is 11.6. The second kappa shape index (κ2) is 12.2. The molecule has 1 N–H and O–H groups in total.